The maximum atomic E-state index is 11.7. The zero-order valence-electron chi connectivity index (χ0n) is 20.3. The number of carbonyl (C=O) groups excluding carboxylic acids is 2. The first kappa shape index (κ1) is 25.3. The van der Waals surface area contributed by atoms with Crippen LogP contribution in [-0.2, 0) is 27.3 Å². The number of amides is 2. The van der Waals surface area contributed by atoms with Gasteiger partial charge in [-0.05, 0) is 61.1 Å². The van der Waals surface area contributed by atoms with Gasteiger partial charge in [0.05, 0.1) is 6.54 Å². The van der Waals surface area contributed by atoms with Crippen LogP contribution in [-0.4, -0.2) is 47.5 Å². The fourth-order valence-corrected chi connectivity index (χ4v) is 4.27. The molecule has 7 heteroatoms. The van der Waals surface area contributed by atoms with Crippen LogP contribution in [0.5, 0.6) is 5.75 Å². The molecule has 0 saturated carbocycles. The average Bonchev–Trinajstić information content (AvgIpc) is 3.11. The van der Waals surface area contributed by atoms with E-state index in [1.54, 1.807) is 0 Å². The highest BCUT2D eigenvalue weighted by Gasteiger charge is 2.28. The molecule has 2 aromatic rings. The van der Waals surface area contributed by atoms with Crippen molar-refractivity contribution in [3.63, 3.8) is 0 Å². The normalized spacial score (nSPS) is 13.4. The number of carboxylic acid groups (broad SMARTS) is 1. The third kappa shape index (κ3) is 6.59. The van der Waals surface area contributed by atoms with Gasteiger partial charge in [-0.1, -0.05) is 31.2 Å². The van der Waals surface area contributed by atoms with Crippen molar-refractivity contribution in [1.82, 2.24) is 4.90 Å². The third-order valence-electron chi connectivity index (χ3n) is 6.08. The lowest BCUT2D eigenvalue weighted by atomic mass is 10.0. The van der Waals surface area contributed by atoms with E-state index in [4.69, 9.17) is 9.84 Å². The number of rotatable bonds is 12. The molecule has 0 atom stereocenters. The molecule has 1 aliphatic rings. The maximum absolute atomic E-state index is 11.7. The van der Waals surface area contributed by atoms with Crippen molar-refractivity contribution in [2.45, 2.75) is 59.4 Å². The Kier molecular flexibility index (Phi) is 8.68. The number of likely N-dealkylation sites (tertiary alicyclic amines) is 1. The van der Waals surface area contributed by atoms with Gasteiger partial charge in [0, 0.05) is 38.0 Å². The molecule has 0 radical (unpaired) electrons. The Morgan fingerprint density at radius 1 is 1.03 bits per heavy atom. The molecule has 1 N–H and O–H groups in total. The van der Waals surface area contributed by atoms with Gasteiger partial charge >= 0.3 is 5.97 Å². The lowest BCUT2D eigenvalue weighted by Crippen LogP contribution is -2.33. The second kappa shape index (κ2) is 11.7. The van der Waals surface area contributed by atoms with Gasteiger partial charge in [0.25, 0.3) is 0 Å². The third-order valence-corrected chi connectivity index (χ3v) is 6.08. The van der Waals surface area contributed by atoms with Crippen LogP contribution in [0.2, 0.25) is 0 Å². The second-order valence-corrected chi connectivity index (χ2v) is 8.82. The largest absolute Gasteiger partial charge is 0.491 e. The lowest BCUT2D eigenvalue weighted by molar-refractivity contribution is -0.139. The molecular formula is C27H34N2O5. The molecule has 7 nitrogen and oxygen atoms in total. The predicted molar refractivity (Wildman–Crippen MR) is 131 cm³/mol. The Labute approximate surface area is 201 Å². The summed E-state index contributed by atoms with van der Waals surface area (Å²) in [5.41, 5.74) is 5.47. The monoisotopic (exact) mass is 466 g/mol. The summed E-state index contributed by atoms with van der Waals surface area (Å²) in [4.78, 5) is 38.1. The Bertz CT molecular complexity index is 1030. The van der Waals surface area contributed by atoms with E-state index < -0.39 is 5.97 Å². The van der Waals surface area contributed by atoms with Gasteiger partial charge in [-0.3, -0.25) is 19.3 Å². The summed E-state index contributed by atoms with van der Waals surface area (Å²) in [5, 5.41) is 9.01. The highest BCUT2D eigenvalue weighted by atomic mass is 16.5. The highest BCUT2D eigenvalue weighted by molar-refractivity contribution is 6.01. The number of aryl methyl sites for hydroxylation is 3. The van der Waals surface area contributed by atoms with Crippen molar-refractivity contribution >= 4 is 23.5 Å². The van der Waals surface area contributed by atoms with Crippen molar-refractivity contribution in [3.05, 3.63) is 58.7 Å². The standard InChI is InChI=1S/C27H34N2O5/c1-4-13-28(23-17-21(6-5-19(23)2)8-12-27(32)33)18-22-7-9-24(20(3)16-22)34-15-14-29-25(30)10-11-26(29)31/h5-7,9,16-17H,4,8,10-15,18H2,1-3H3,(H,32,33). The predicted octanol–water partition coefficient (Wildman–Crippen LogP) is 4.27. The van der Waals surface area contributed by atoms with Gasteiger partial charge in [-0.15, -0.1) is 0 Å². The Balaban J connectivity index is 1.67. The number of hydrogen-bond donors (Lipinski definition) is 1. The van der Waals surface area contributed by atoms with E-state index in [0.29, 0.717) is 19.3 Å². The van der Waals surface area contributed by atoms with Crippen LogP contribution in [0.25, 0.3) is 0 Å². The number of nitrogens with zero attached hydrogens (tertiary/aromatic N) is 2. The molecule has 3 rings (SSSR count). The van der Waals surface area contributed by atoms with Crippen LogP contribution in [0, 0.1) is 13.8 Å². The molecule has 0 aromatic heterocycles. The van der Waals surface area contributed by atoms with E-state index in [1.165, 1.54) is 4.90 Å². The molecule has 0 bridgehead atoms. The average molecular weight is 467 g/mol. The summed E-state index contributed by atoms with van der Waals surface area (Å²) in [5.74, 6) is -0.293. The van der Waals surface area contributed by atoms with Gasteiger partial charge in [0.2, 0.25) is 11.8 Å². The summed E-state index contributed by atoms with van der Waals surface area (Å²) < 4.78 is 5.86. The summed E-state index contributed by atoms with van der Waals surface area (Å²) in [6, 6.07) is 12.3. The molecule has 2 amide bonds. The van der Waals surface area contributed by atoms with Crippen LogP contribution >= 0.6 is 0 Å². The fourth-order valence-electron chi connectivity index (χ4n) is 4.27. The number of imide groups is 1. The molecule has 34 heavy (non-hydrogen) atoms. The second-order valence-electron chi connectivity index (χ2n) is 8.82. The molecule has 0 unspecified atom stereocenters. The van der Waals surface area contributed by atoms with E-state index in [-0.39, 0.29) is 31.4 Å². The number of carboxylic acids is 1. The van der Waals surface area contributed by atoms with Crippen LogP contribution in [0.4, 0.5) is 5.69 Å². The van der Waals surface area contributed by atoms with Crippen molar-refractivity contribution in [2.75, 3.05) is 24.6 Å². The van der Waals surface area contributed by atoms with Gasteiger partial charge in [-0.25, -0.2) is 0 Å². The number of anilines is 1. The van der Waals surface area contributed by atoms with Crippen LogP contribution in [0.1, 0.15) is 54.9 Å². The number of hydrogen-bond acceptors (Lipinski definition) is 5. The molecule has 0 aliphatic carbocycles. The quantitative estimate of drug-likeness (QED) is 0.470. The Morgan fingerprint density at radius 3 is 2.38 bits per heavy atom. The fraction of sp³-hybridized carbons (Fsp3) is 0.444. The van der Waals surface area contributed by atoms with E-state index >= 15 is 0 Å². The molecule has 1 fully saturated rings. The highest BCUT2D eigenvalue weighted by Crippen LogP contribution is 2.26. The first-order valence-corrected chi connectivity index (χ1v) is 11.9. The summed E-state index contributed by atoms with van der Waals surface area (Å²) in [6.45, 7) is 8.40. The minimum atomic E-state index is -0.788. The Hall–Kier alpha value is -3.35. The minimum Gasteiger partial charge on any atom is -0.491 e. The zero-order chi connectivity index (χ0) is 24.7. The van der Waals surface area contributed by atoms with Gasteiger partial charge in [-0.2, -0.15) is 0 Å². The lowest BCUT2D eigenvalue weighted by Gasteiger charge is -2.27. The molecule has 2 aromatic carbocycles. The summed E-state index contributed by atoms with van der Waals surface area (Å²) >= 11 is 0. The minimum absolute atomic E-state index is 0.122. The van der Waals surface area contributed by atoms with Crippen molar-refractivity contribution in [1.29, 1.82) is 0 Å². The molecule has 0 spiro atoms. The van der Waals surface area contributed by atoms with Crippen LogP contribution < -0.4 is 9.64 Å². The zero-order valence-corrected chi connectivity index (χ0v) is 20.3. The number of benzene rings is 2. The SMILES string of the molecule is CCCN(Cc1ccc(OCCN2C(=O)CCC2=O)c(C)c1)c1cc(CCC(=O)O)ccc1C. The number of carbonyl (C=O) groups is 3. The molecule has 182 valence electrons. The van der Waals surface area contributed by atoms with Gasteiger partial charge < -0.3 is 14.7 Å². The van der Waals surface area contributed by atoms with Crippen LogP contribution in [0.3, 0.4) is 0 Å². The van der Waals surface area contributed by atoms with E-state index in [1.807, 2.05) is 25.1 Å². The molecular weight excluding hydrogens is 432 g/mol. The summed E-state index contributed by atoms with van der Waals surface area (Å²) in [7, 11) is 0. The summed E-state index contributed by atoms with van der Waals surface area (Å²) in [6.07, 6.45) is 2.22. The number of aliphatic carboxylic acids is 1. The number of ether oxygens (including phenoxy) is 1. The molecule has 1 heterocycles. The van der Waals surface area contributed by atoms with Gasteiger partial charge in [0.15, 0.2) is 0 Å². The first-order valence-electron chi connectivity index (χ1n) is 11.9. The molecule has 1 aliphatic heterocycles. The van der Waals surface area contributed by atoms with E-state index in [0.717, 1.165) is 53.2 Å². The molecule has 1 saturated heterocycles. The first-order chi connectivity index (χ1) is 16.3. The maximum Gasteiger partial charge on any atom is 0.303 e. The van der Waals surface area contributed by atoms with Crippen molar-refractivity contribution in [2.24, 2.45) is 0 Å². The van der Waals surface area contributed by atoms with Crippen molar-refractivity contribution in [3.8, 4) is 5.75 Å². The smallest absolute Gasteiger partial charge is 0.303 e. The topological polar surface area (TPSA) is 87.2 Å². The Morgan fingerprint density at radius 2 is 1.74 bits per heavy atom. The van der Waals surface area contributed by atoms with E-state index in [9.17, 15) is 14.4 Å². The van der Waals surface area contributed by atoms with E-state index in [2.05, 4.69) is 36.9 Å². The van der Waals surface area contributed by atoms with Crippen molar-refractivity contribution < 1.29 is 24.2 Å². The van der Waals surface area contributed by atoms with Crippen LogP contribution in [0.15, 0.2) is 36.4 Å². The van der Waals surface area contributed by atoms with Gasteiger partial charge in [0.1, 0.15) is 12.4 Å².